The van der Waals surface area contributed by atoms with Crippen LogP contribution in [0.5, 0.6) is 5.75 Å². The van der Waals surface area contributed by atoms with Crippen LogP contribution < -0.4 is 10.1 Å². The first kappa shape index (κ1) is 14.4. The van der Waals surface area contributed by atoms with Gasteiger partial charge in [0.15, 0.2) is 0 Å². The van der Waals surface area contributed by atoms with E-state index in [0.717, 1.165) is 25.3 Å². The number of rotatable bonds is 7. The maximum Gasteiger partial charge on any atom is 0.317 e. The molecule has 0 heterocycles. The smallest absolute Gasteiger partial charge is 0.317 e. The molecule has 0 atom stereocenters. The lowest BCUT2D eigenvalue weighted by Gasteiger charge is -2.19. The standard InChI is InChI=1S/C14H22N2O2/c1-3-16(4-2)14(17)15-11-8-12-18-13-9-6-5-7-10-13/h5-7,9-10H,3-4,8,11-12H2,1-2H3,(H,15,17). The number of para-hydroxylation sites is 1. The van der Waals surface area contributed by atoms with E-state index < -0.39 is 0 Å². The van der Waals surface area contributed by atoms with Gasteiger partial charge in [-0.1, -0.05) is 18.2 Å². The Hall–Kier alpha value is -1.71. The van der Waals surface area contributed by atoms with E-state index in [2.05, 4.69) is 5.32 Å². The fourth-order valence-electron chi connectivity index (χ4n) is 1.60. The van der Waals surface area contributed by atoms with Gasteiger partial charge in [-0.25, -0.2) is 4.79 Å². The number of carbonyl (C=O) groups is 1. The lowest BCUT2D eigenvalue weighted by atomic mass is 10.3. The second-order valence-corrected chi connectivity index (χ2v) is 3.92. The first-order chi connectivity index (χ1) is 8.77. The molecule has 0 aliphatic heterocycles. The highest BCUT2D eigenvalue weighted by Crippen LogP contribution is 2.07. The first-order valence-electron chi connectivity index (χ1n) is 6.48. The number of ether oxygens (including phenoxy) is 1. The molecule has 0 bridgehead atoms. The Morgan fingerprint density at radius 3 is 2.50 bits per heavy atom. The van der Waals surface area contributed by atoms with Crippen LogP contribution in [0.4, 0.5) is 4.79 Å². The summed E-state index contributed by atoms with van der Waals surface area (Å²) in [6, 6.07) is 9.69. The van der Waals surface area contributed by atoms with Gasteiger partial charge in [0.05, 0.1) is 6.61 Å². The van der Waals surface area contributed by atoms with E-state index in [1.54, 1.807) is 4.90 Å². The lowest BCUT2D eigenvalue weighted by molar-refractivity contribution is 0.202. The Bertz CT molecular complexity index is 337. The van der Waals surface area contributed by atoms with E-state index in [-0.39, 0.29) is 6.03 Å². The molecule has 100 valence electrons. The van der Waals surface area contributed by atoms with Crippen molar-refractivity contribution in [3.05, 3.63) is 30.3 Å². The number of amides is 2. The second-order valence-electron chi connectivity index (χ2n) is 3.92. The molecule has 2 amide bonds. The van der Waals surface area contributed by atoms with Crippen molar-refractivity contribution in [2.45, 2.75) is 20.3 Å². The summed E-state index contributed by atoms with van der Waals surface area (Å²) in [5.74, 6) is 0.868. The SMILES string of the molecule is CCN(CC)C(=O)NCCCOc1ccccc1. The highest BCUT2D eigenvalue weighted by atomic mass is 16.5. The zero-order chi connectivity index (χ0) is 13.2. The molecule has 0 saturated carbocycles. The van der Waals surface area contributed by atoms with Gasteiger partial charge in [-0.15, -0.1) is 0 Å². The number of nitrogens with one attached hydrogen (secondary N) is 1. The van der Waals surface area contributed by atoms with Crippen LogP contribution in [0.2, 0.25) is 0 Å². The van der Waals surface area contributed by atoms with Crippen LogP contribution in [0.25, 0.3) is 0 Å². The van der Waals surface area contributed by atoms with Crippen LogP contribution in [0.3, 0.4) is 0 Å². The topological polar surface area (TPSA) is 41.6 Å². The normalized spacial score (nSPS) is 9.89. The molecule has 4 heteroatoms. The van der Waals surface area contributed by atoms with Gasteiger partial charge in [0.1, 0.15) is 5.75 Å². The first-order valence-corrected chi connectivity index (χ1v) is 6.48. The highest BCUT2D eigenvalue weighted by molar-refractivity contribution is 5.73. The third kappa shape index (κ3) is 5.08. The summed E-state index contributed by atoms with van der Waals surface area (Å²) in [6.07, 6.45) is 0.807. The van der Waals surface area contributed by atoms with Gasteiger partial charge < -0.3 is 15.0 Å². The summed E-state index contributed by atoms with van der Waals surface area (Å²) in [6.45, 7) is 6.68. The Balaban J connectivity index is 2.10. The van der Waals surface area contributed by atoms with Crippen molar-refractivity contribution in [2.75, 3.05) is 26.2 Å². The Labute approximate surface area is 109 Å². The van der Waals surface area contributed by atoms with Crippen LogP contribution in [0.15, 0.2) is 30.3 Å². The predicted molar refractivity (Wildman–Crippen MR) is 72.9 cm³/mol. The van der Waals surface area contributed by atoms with Gasteiger partial charge in [-0.2, -0.15) is 0 Å². The van der Waals surface area contributed by atoms with Gasteiger partial charge >= 0.3 is 6.03 Å². The summed E-state index contributed by atoms with van der Waals surface area (Å²) >= 11 is 0. The summed E-state index contributed by atoms with van der Waals surface area (Å²) in [4.78, 5) is 13.4. The van der Waals surface area contributed by atoms with Crippen molar-refractivity contribution in [1.29, 1.82) is 0 Å². The number of nitrogens with zero attached hydrogens (tertiary/aromatic N) is 1. The van der Waals surface area contributed by atoms with Crippen molar-refractivity contribution < 1.29 is 9.53 Å². The monoisotopic (exact) mass is 250 g/mol. The number of urea groups is 1. The molecule has 0 aromatic heterocycles. The highest BCUT2D eigenvalue weighted by Gasteiger charge is 2.07. The summed E-state index contributed by atoms with van der Waals surface area (Å²) < 4.78 is 5.54. The van der Waals surface area contributed by atoms with Crippen LogP contribution in [0.1, 0.15) is 20.3 Å². The van der Waals surface area contributed by atoms with E-state index >= 15 is 0 Å². The summed E-state index contributed by atoms with van der Waals surface area (Å²) in [5, 5.41) is 2.88. The molecule has 0 unspecified atom stereocenters. The zero-order valence-corrected chi connectivity index (χ0v) is 11.2. The number of benzene rings is 1. The Morgan fingerprint density at radius 1 is 1.22 bits per heavy atom. The molecular formula is C14H22N2O2. The van der Waals surface area contributed by atoms with E-state index in [9.17, 15) is 4.79 Å². The molecule has 4 nitrogen and oxygen atoms in total. The predicted octanol–water partition coefficient (Wildman–Crippen LogP) is 2.51. The van der Waals surface area contributed by atoms with E-state index in [1.807, 2.05) is 44.2 Å². The molecular weight excluding hydrogens is 228 g/mol. The maximum atomic E-state index is 11.6. The van der Waals surface area contributed by atoms with Gasteiger partial charge in [-0.3, -0.25) is 0 Å². The third-order valence-corrected chi connectivity index (χ3v) is 2.66. The van der Waals surface area contributed by atoms with Crippen LogP contribution in [0, 0.1) is 0 Å². The van der Waals surface area contributed by atoms with Crippen LogP contribution in [-0.2, 0) is 0 Å². The van der Waals surface area contributed by atoms with E-state index in [1.165, 1.54) is 0 Å². The minimum atomic E-state index is -0.000267. The molecule has 0 aliphatic rings. The third-order valence-electron chi connectivity index (χ3n) is 2.66. The Morgan fingerprint density at radius 2 is 1.89 bits per heavy atom. The average Bonchev–Trinajstić information content (AvgIpc) is 2.41. The van der Waals surface area contributed by atoms with Crippen molar-refractivity contribution >= 4 is 6.03 Å². The molecule has 0 spiro atoms. The Kier molecular flexibility index (Phi) is 6.69. The number of hydrogen-bond acceptors (Lipinski definition) is 2. The van der Waals surface area contributed by atoms with Gasteiger partial charge in [0, 0.05) is 19.6 Å². The largest absolute Gasteiger partial charge is 0.494 e. The molecule has 0 fully saturated rings. The molecule has 0 aliphatic carbocycles. The molecule has 0 saturated heterocycles. The van der Waals surface area contributed by atoms with Gasteiger partial charge in [-0.05, 0) is 32.4 Å². The summed E-state index contributed by atoms with van der Waals surface area (Å²) in [7, 11) is 0. The van der Waals surface area contributed by atoms with Crippen molar-refractivity contribution in [2.24, 2.45) is 0 Å². The number of carbonyl (C=O) groups excluding carboxylic acids is 1. The molecule has 18 heavy (non-hydrogen) atoms. The van der Waals surface area contributed by atoms with E-state index in [4.69, 9.17) is 4.74 Å². The minimum absolute atomic E-state index is 0.000267. The number of hydrogen-bond donors (Lipinski definition) is 1. The molecule has 1 N–H and O–H groups in total. The van der Waals surface area contributed by atoms with E-state index in [0.29, 0.717) is 13.2 Å². The van der Waals surface area contributed by atoms with Crippen LogP contribution >= 0.6 is 0 Å². The van der Waals surface area contributed by atoms with Crippen molar-refractivity contribution in [3.63, 3.8) is 0 Å². The second kappa shape index (κ2) is 8.39. The fourth-order valence-corrected chi connectivity index (χ4v) is 1.60. The van der Waals surface area contributed by atoms with Crippen LogP contribution in [-0.4, -0.2) is 37.2 Å². The van der Waals surface area contributed by atoms with Crippen molar-refractivity contribution in [1.82, 2.24) is 10.2 Å². The lowest BCUT2D eigenvalue weighted by Crippen LogP contribution is -2.40. The molecule has 1 rings (SSSR count). The van der Waals surface area contributed by atoms with Gasteiger partial charge in [0.25, 0.3) is 0 Å². The average molecular weight is 250 g/mol. The summed E-state index contributed by atoms with van der Waals surface area (Å²) in [5.41, 5.74) is 0. The molecule has 1 aromatic carbocycles. The zero-order valence-electron chi connectivity index (χ0n) is 11.2. The maximum absolute atomic E-state index is 11.6. The molecule has 1 aromatic rings. The van der Waals surface area contributed by atoms with Crippen molar-refractivity contribution in [3.8, 4) is 5.75 Å². The fraction of sp³-hybridized carbons (Fsp3) is 0.500. The van der Waals surface area contributed by atoms with Gasteiger partial charge in [0.2, 0.25) is 0 Å². The minimum Gasteiger partial charge on any atom is -0.494 e. The molecule has 0 radical (unpaired) electrons. The quantitative estimate of drug-likeness (QED) is 0.755.